The first kappa shape index (κ1) is 13.0. The van der Waals surface area contributed by atoms with Crippen molar-refractivity contribution in [3.8, 4) is 0 Å². The van der Waals surface area contributed by atoms with Crippen LogP contribution in [0.3, 0.4) is 0 Å². The second kappa shape index (κ2) is 5.45. The van der Waals surface area contributed by atoms with Gasteiger partial charge in [0.1, 0.15) is 6.61 Å². The first-order chi connectivity index (χ1) is 9.13. The molecule has 0 radical (unpaired) electrons. The number of ether oxygens (including phenoxy) is 1. The fraction of sp³-hybridized carbons (Fsp3) is 0.154. The molecule has 0 spiro atoms. The van der Waals surface area contributed by atoms with E-state index in [9.17, 15) is 14.4 Å². The van der Waals surface area contributed by atoms with Gasteiger partial charge < -0.3 is 10.5 Å². The highest BCUT2D eigenvalue weighted by Gasteiger charge is 2.25. The maximum Gasteiger partial charge on any atom is 0.338 e. The number of hydrogen-bond donors (Lipinski definition) is 1. The lowest BCUT2D eigenvalue weighted by Gasteiger charge is -2.14. The summed E-state index contributed by atoms with van der Waals surface area (Å²) in [4.78, 5) is 35.7. The Labute approximate surface area is 109 Å². The lowest BCUT2D eigenvalue weighted by atomic mass is 10.2. The summed E-state index contributed by atoms with van der Waals surface area (Å²) in [5, 5.41) is 0. The monoisotopic (exact) mass is 260 g/mol. The summed E-state index contributed by atoms with van der Waals surface area (Å²) in [6, 6.07) is 6.12. The van der Waals surface area contributed by atoms with E-state index in [1.165, 1.54) is 18.2 Å². The van der Waals surface area contributed by atoms with Gasteiger partial charge in [-0.3, -0.25) is 9.59 Å². The largest absolute Gasteiger partial charge is 0.461 e. The molecule has 2 rings (SSSR count). The number of imide groups is 1. The number of esters is 1. The highest BCUT2D eigenvalue weighted by Crippen LogP contribution is 2.20. The number of benzene rings is 1. The molecule has 1 aliphatic rings. The van der Waals surface area contributed by atoms with E-state index >= 15 is 0 Å². The lowest BCUT2D eigenvalue weighted by Crippen LogP contribution is -2.29. The van der Waals surface area contributed by atoms with Crippen molar-refractivity contribution in [1.29, 1.82) is 0 Å². The molecule has 6 nitrogen and oxygen atoms in total. The van der Waals surface area contributed by atoms with E-state index in [4.69, 9.17) is 10.5 Å². The van der Waals surface area contributed by atoms with E-state index in [2.05, 4.69) is 0 Å². The van der Waals surface area contributed by atoms with Crippen molar-refractivity contribution in [3.63, 3.8) is 0 Å². The lowest BCUT2D eigenvalue weighted by molar-refractivity contribution is -0.119. The summed E-state index contributed by atoms with van der Waals surface area (Å²) in [6.45, 7) is 0.352. The highest BCUT2D eigenvalue weighted by molar-refractivity contribution is 6.28. The van der Waals surface area contributed by atoms with Crippen LogP contribution in [0.1, 0.15) is 10.4 Å². The van der Waals surface area contributed by atoms with Gasteiger partial charge in [0.25, 0.3) is 11.8 Å². The fourth-order valence-electron chi connectivity index (χ4n) is 1.66. The molecular formula is C13H12N2O4. The molecule has 0 saturated heterocycles. The molecule has 1 aliphatic heterocycles. The number of amides is 2. The Bertz CT molecular complexity index is 548. The molecule has 6 heteroatoms. The van der Waals surface area contributed by atoms with Gasteiger partial charge in [-0.2, -0.15) is 0 Å². The van der Waals surface area contributed by atoms with Crippen LogP contribution in [-0.4, -0.2) is 30.9 Å². The Morgan fingerprint density at radius 1 is 1.21 bits per heavy atom. The number of nitrogens with zero attached hydrogens (tertiary/aromatic N) is 1. The third-order valence-corrected chi connectivity index (χ3v) is 2.50. The minimum Gasteiger partial charge on any atom is -0.461 e. The topological polar surface area (TPSA) is 89.7 Å². The standard InChI is InChI=1S/C13H12N2O4/c14-6-7-19-13(18)9-2-1-3-10(8-9)15-11(16)4-5-12(15)17/h1-5,8H,6-7,14H2. The van der Waals surface area contributed by atoms with Crippen LogP contribution in [0.25, 0.3) is 0 Å². The van der Waals surface area contributed by atoms with Crippen LogP contribution < -0.4 is 10.6 Å². The van der Waals surface area contributed by atoms with Crippen LogP contribution in [-0.2, 0) is 14.3 Å². The van der Waals surface area contributed by atoms with Crippen molar-refractivity contribution < 1.29 is 19.1 Å². The summed E-state index contributed by atoms with van der Waals surface area (Å²) >= 11 is 0. The molecule has 1 aromatic carbocycles. The van der Waals surface area contributed by atoms with Crippen molar-refractivity contribution in [2.75, 3.05) is 18.1 Å². The number of carbonyl (C=O) groups is 3. The van der Waals surface area contributed by atoms with Crippen LogP contribution >= 0.6 is 0 Å². The second-order valence-electron chi connectivity index (χ2n) is 3.82. The Hall–Kier alpha value is -2.47. The highest BCUT2D eigenvalue weighted by atomic mass is 16.5. The average Bonchev–Trinajstić information content (AvgIpc) is 2.75. The summed E-state index contributed by atoms with van der Waals surface area (Å²) in [7, 11) is 0. The minimum atomic E-state index is -0.542. The molecule has 19 heavy (non-hydrogen) atoms. The Morgan fingerprint density at radius 2 is 1.89 bits per heavy atom. The maximum absolute atomic E-state index is 11.7. The van der Waals surface area contributed by atoms with Crippen LogP contribution in [0.4, 0.5) is 5.69 Å². The third kappa shape index (κ3) is 2.69. The molecule has 0 aliphatic carbocycles. The first-order valence-corrected chi connectivity index (χ1v) is 5.67. The predicted molar refractivity (Wildman–Crippen MR) is 67.4 cm³/mol. The van der Waals surface area contributed by atoms with E-state index in [0.717, 1.165) is 4.90 Å². The molecule has 0 bridgehead atoms. The van der Waals surface area contributed by atoms with Crippen molar-refractivity contribution in [2.24, 2.45) is 5.73 Å². The fourth-order valence-corrected chi connectivity index (χ4v) is 1.66. The number of carbonyl (C=O) groups excluding carboxylic acids is 3. The zero-order chi connectivity index (χ0) is 13.8. The first-order valence-electron chi connectivity index (χ1n) is 5.67. The molecule has 0 unspecified atom stereocenters. The van der Waals surface area contributed by atoms with Gasteiger partial charge in [-0.25, -0.2) is 9.69 Å². The minimum absolute atomic E-state index is 0.117. The van der Waals surface area contributed by atoms with Crippen molar-refractivity contribution >= 4 is 23.5 Å². The van der Waals surface area contributed by atoms with Gasteiger partial charge in [0.15, 0.2) is 0 Å². The predicted octanol–water partition coefficient (Wildman–Crippen LogP) is 0.231. The van der Waals surface area contributed by atoms with E-state index < -0.39 is 17.8 Å². The zero-order valence-corrected chi connectivity index (χ0v) is 10.0. The van der Waals surface area contributed by atoms with Crippen molar-refractivity contribution in [1.82, 2.24) is 0 Å². The van der Waals surface area contributed by atoms with Gasteiger partial charge in [0.05, 0.1) is 11.3 Å². The third-order valence-electron chi connectivity index (χ3n) is 2.50. The van der Waals surface area contributed by atoms with Crippen LogP contribution in [0.2, 0.25) is 0 Å². The smallest absolute Gasteiger partial charge is 0.338 e. The summed E-state index contributed by atoms with van der Waals surface area (Å²) in [6.07, 6.45) is 2.36. The van der Waals surface area contributed by atoms with E-state index in [1.54, 1.807) is 18.2 Å². The molecule has 98 valence electrons. The van der Waals surface area contributed by atoms with Gasteiger partial charge in [-0.15, -0.1) is 0 Å². The number of nitrogens with two attached hydrogens (primary N) is 1. The van der Waals surface area contributed by atoms with Crippen LogP contribution in [0.15, 0.2) is 36.4 Å². The number of hydrogen-bond acceptors (Lipinski definition) is 5. The molecule has 0 atom stereocenters. The maximum atomic E-state index is 11.7. The average molecular weight is 260 g/mol. The SMILES string of the molecule is NCCOC(=O)c1cccc(N2C(=O)C=CC2=O)c1. The van der Waals surface area contributed by atoms with Gasteiger partial charge >= 0.3 is 5.97 Å². The molecule has 0 aromatic heterocycles. The normalized spacial score (nSPS) is 14.1. The second-order valence-corrected chi connectivity index (χ2v) is 3.82. The van der Waals surface area contributed by atoms with Gasteiger partial charge in [-0.05, 0) is 18.2 Å². The van der Waals surface area contributed by atoms with Gasteiger partial charge in [0.2, 0.25) is 0 Å². The van der Waals surface area contributed by atoms with E-state index in [1.807, 2.05) is 0 Å². The van der Waals surface area contributed by atoms with Crippen molar-refractivity contribution in [2.45, 2.75) is 0 Å². The van der Waals surface area contributed by atoms with Gasteiger partial charge in [0, 0.05) is 18.7 Å². The van der Waals surface area contributed by atoms with Gasteiger partial charge in [-0.1, -0.05) is 6.07 Å². The summed E-state index contributed by atoms with van der Waals surface area (Å²) < 4.78 is 4.88. The van der Waals surface area contributed by atoms with Crippen LogP contribution in [0, 0.1) is 0 Å². The molecule has 0 fully saturated rings. The molecule has 1 heterocycles. The number of anilines is 1. The van der Waals surface area contributed by atoms with Crippen LogP contribution in [0.5, 0.6) is 0 Å². The molecule has 2 N–H and O–H groups in total. The molecule has 0 saturated carbocycles. The Kier molecular flexibility index (Phi) is 3.72. The molecule has 2 amide bonds. The number of rotatable bonds is 4. The van der Waals surface area contributed by atoms with Crippen molar-refractivity contribution in [3.05, 3.63) is 42.0 Å². The molecule has 1 aromatic rings. The molecular weight excluding hydrogens is 248 g/mol. The quantitative estimate of drug-likeness (QED) is 0.618. The van der Waals surface area contributed by atoms with E-state index in [0.29, 0.717) is 5.69 Å². The van der Waals surface area contributed by atoms with E-state index in [-0.39, 0.29) is 18.7 Å². The summed E-state index contributed by atoms with van der Waals surface area (Å²) in [5.41, 5.74) is 5.84. The Morgan fingerprint density at radius 3 is 2.53 bits per heavy atom. The summed E-state index contributed by atoms with van der Waals surface area (Å²) in [5.74, 6) is -1.41. The Balaban J connectivity index is 2.22. The zero-order valence-electron chi connectivity index (χ0n) is 10.0.